The molecule has 5 nitrogen and oxygen atoms in total. The summed E-state index contributed by atoms with van der Waals surface area (Å²) >= 11 is 0. The van der Waals surface area contributed by atoms with Crippen molar-refractivity contribution < 1.29 is 14.3 Å². The van der Waals surface area contributed by atoms with Crippen LogP contribution in [-0.4, -0.2) is 35.1 Å². The molecular weight excluding hydrogens is 268 g/mol. The summed E-state index contributed by atoms with van der Waals surface area (Å²) in [6, 6.07) is 1.73. The molecule has 1 aromatic heterocycles. The summed E-state index contributed by atoms with van der Waals surface area (Å²) in [5.74, 6) is 0.433. The van der Waals surface area contributed by atoms with Crippen LogP contribution in [0.4, 0.5) is 0 Å². The summed E-state index contributed by atoms with van der Waals surface area (Å²) in [6.07, 6.45) is 0.675. The highest BCUT2D eigenvalue weighted by atomic mass is 16.4. The number of rotatable bonds is 6. The van der Waals surface area contributed by atoms with E-state index in [0.29, 0.717) is 13.0 Å². The average molecular weight is 296 g/mol. The molecule has 0 saturated heterocycles. The van der Waals surface area contributed by atoms with Gasteiger partial charge in [0.25, 0.3) is 5.91 Å². The van der Waals surface area contributed by atoms with Crippen LogP contribution in [0, 0.1) is 0 Å². The molecule has 1 amide bonds. The highest BCUT2D eigenvalue weighted by Crippen LogP contribution is 2.29. The second kappa shape index (κ2) is 6.20. The lowest BCUT2D eigenvalue weighted by atomic mass is 9.90. The molecule has 0 radical (unpaired) electrons. The van der Waals surface area contributed by atoms with Crippen LogP contribution in [0.3, 0.4) is 0 Å². The average Bonchev–Trinajstić information content (AvgIpc) is 2.69. The van der Waals surface area contributed by atoms with Gasteiger partial charge in [-0.05, 0) is 33.4 Å². The molecular formula is C16H28N2O3. The summed E-state index contributed by atoms with van der Waals surface area (Å²) < 4.78 is 5.64. The van der Waals surface area contributed by atoms with Crippen molar-refractivity contribution in [3.63, 3.8) is 0 Å². The number of carbonyl (C=O) groups excluding carboxylic acids is 1. The van der Waals surface area contributed by atoms with E-state index in [1.807, 2.05) is 27.8 Å². The minimum absolute atomic E-state index is 0.194. The van der Waals surface area contributed by atoms with Gasteiger partial charge in [0, 0.05) is 24.1 Å². The molecule has 120 valence electrons. The Morgan fingerprint density at radius 3 is 2.33 bits per heavy atom. The molecule has 0 atom stereocenters. The van der Waals surface area contributed by atoms with Crippen molar-refractivity contribution in [2.45, 2.75) is 58.6 Å². The quantitative estimate of drug-likeness (QED) is 0.844. The van der Waals surface area contributed by atoms with E-state index in [9.17, 15) is 9.90 Å². The van der Waals surface area contributed by atoms with Gasteiger partial charge in [-0.3, -0.25) is 4.79 Å². The van der Waals surface area contributed by atoms with Crippen LogP contribution in [0.15, 0.2) is 10.5 Å². The topological polar surface area (TPSA) is 79.7 Å². The molecule has 0 spiro atoms. The number of primary amides is 1. The van der Waals surface area contributed by atoms with E-state index in [1.165, 1.54) is 0 Å². The normalized spacial score (nSPS) is 13.0. The van der Waals surface area contributed by atoms with Crippen LogP contribution in [0.5, 0.6) is 0 Å². The second-order valence-corrected chi connectivity index (χ2v) is 7.38. The van der Waals surface area contributed by atoms with Gasteiger partial charge in [-0.15, -0.1) is 0 Å². The summed E-state index contributed by atoms with van der Waals surface area (Å²) in [4.78, 5) is 13.4. The van der Waals surface area contributed by atoms with Crippen molar-refractivity contribution in [1.82, 2.24) is 4.90 Å². The van der Waals surface area contributed by atoms with E-state index in [0.717, 1.165) is 17.9 Å². The van der Waals surface area contributed by atoms with E-state index < -0.39 is 11.5 Å². The number of hydrogen-bond acceptors (Lipinski definition) is 4. The van der Waals surface area contributed by atoms with Crippen molar-refractivity contribution in [2.75, 3.05) is 13.6 Å². The molecule has 0 aliphatic heterocycles. The van der Waals surface area contributed by atoms with Crippen molar-refractivity contribution in [3.8, 4) is 0 Å². The standard InChI is InChI=1S/C16H28N2O3/c1-15(2,3)13-11(9-12(21-13)14(17)19)10-18(6)8-7-16(4,5)20/h9,20H,7-8,10H2,1-6H3,(H2,17,19). The van der Waals surface area contributed by atoms with Gasteiger partial charge in [-0.25, -0.2) is 0 Å². The fourth-order valence-electron chi connectivity index (χ4n) is 2.14. The number of hydrogen-bond donors (Lipinski definition) is 2. The molecule has 0 saturated carbocycles. The Labute approximate surface area is 127 Å². The first-order valence-corrected chi connectivity index (χ1v) is 7.24. The minimum atomic E-state index is -0.685. The van der Waals surface area contributed by atoms with Gasteiger partial charge in [0.2, 0.25) is 0 Å². The van der Waals surface area contributed by atoms with Crippen LogP contribution >= 0.6 is 0 Å². The molecule has 3 N–H and O–H groups in total. The van der Waals surface area contributed by atoms with Crippen LogP contribution in [-0.2, 0) is 12.0 Å². The molecule has 21 heavy (non-hydrogen) atoms. The van der Waals surface area contributed by atoms with Gasteiger partial charge in [0.05, 0.1) is 5.60 Å². The molecule has 0 aliphatic rings. The lowest BCUT2D eigenvalue weighted by Crippen LogP contribution is -2.28. The van der Waals surface area contributed by atoms with Crippen molar-refractivity contribution in [3.05, 3.63) is 23.2 Å². The largest absolute Gasteiger partial charge is 0.455 e. The Hall–Kier alpha value is -1.33. The third-order valence-corrected chi connectivity index (χ3v) is 3.28. The first-order valence-electron chi connectivity index (χ1n) is 7.24. The van der Waals surface area contributed by atoms with Crippen molar-refractivity contribution in [2.24, 2.45) is 5.73 Å². The van der Waals surface area contributed by atoms with E-state index in [-0.39, 0.29) is 11.2 Å². The lowest BCUT2D eigenvalue weighted by molar-refractivity contribution is 0.0598. The number of amides is 1. The Kier molecular flexibility index (Phi) is 5.23. The fraction of sp³-hybridized carbons (Fsp3) is 0.688. The molecule has 0 aromatic carbocycles. The van der Waals surface area contributed by atoms with Crippen molar-refractivity contribution in [1.29, 1.82) is 0 Å². The van der Waals surface area contributed by atoms with E-state index in [4.69, 9.17) is 10.2 Å². The fourth-order valence-corrected chi connectivity index (χ4v) is 2.14. The number of furan rings is 1. The lowest BCUT2D eigenvalue weighted by Gasteiger charge is -2.24. The van der Waals surface area contributed by atoms with Crippen LogP contribution < -0.4 is 5.73 Å². The van der Waals surface area contributed by atoms with Gasteiger partial charge in [-0.1, -0.05) is 20.8 Å². The minimum Gasteiger partial charge on any atom is -0.455 e. The third-order valence-electron chi connectivity index (χ3n) is 3.28. The Morgan fingerprint density at radius 2 is 1.90 bits per heavy atom. The predicted octanol–water partition coefficient (Wildman–Crippen LogP) is 2.27. The number of carbonyl (C=O) groups is 1. The Bertz CT molecular complexity index is 493. The summed E-state index contributed by atoms with van der Waals surface area (Å²) in [6.45, 7) is 11.1. The van der Waals surface area contributed by atoms with Crippen LogP contribution in [0.2, 0.25) is 0 Å². The number of aliphatic hydroxyl groups is 1. The number of nitrogens with two attached hydrogens (primary N) is 1. The maximum absolute atomic E-state index is 11.3. The van der Waals surface area contributed by atoms with Crippen LogP contribution in [0.1, 0.15) is 62.9 Å². The maximum Gasteiger partial charge on any atom is 0.284 e. The molecule has 1 aromatic rings. The van der Waals surface area contributed by atoms with Gasteiger partial charge >= 0.3 is 0 Å². The number of nitrogens with zero attached hydrogens (tertiary/aromatic N) is 1. The smallest absolute Gasteiger partial charge is 0.284 e. The zero-order chi connectivity index (χ0) is 16.4. The monoisotopic (exact) mass is 296 g/mol. The van der Waals surface area contributed by atoms with E-state index >= 15 is 0 Å². The summed E-state index contributed by atoms with van der Waals surface area (Å²) in [5.41, 5.74) is 5.39. The zero-order valence-corrected chi connectivity index (χ0v) is 14.0. The molecule has 0 unspecified atom stereocenters. The van der Waals surface area contributed by atoms with E-state index in [1.54, 1.807) is 19.9 Å². The van der Waals surface area contributed by atoms with E-state index in [2.05, 4.69) is 4.90 Å². The first-order chi connectivity index (χ1) is 9.40. The molecule has 0 aliphatic carbocycles. The highest BCUT2D eigenvalue weighted by Gasteiger charge is 2.26. The molecule has 0 bridgehead atoms. The molecule has 1 rings (SSSR count). The zero-order valence-electron chi connectivity index (χ0n) is 14.0. The highest BCUT2D eigenvalue weighted by molar-refractivity contribution is 5.90. The molecule has 0 fully saturated rings. The van der Waals surface area contributed by atoms with Gasteiger partial charge in [0.15, 0.2) is 5.76 Å². The third kappa shape index (κ3) is 5.52. The maximum atomic E-state index is 11.3. The summed E-state index contributed by atoms with van der Waals surface area (Å²) in [7, 11) is 1.98. The Balaban J connectivity index is 2.89. The van der Waals surface area contributed by atoms with Gasteiger partial charge < -0.3 is 20.2 Å². The van der Waals surface area contributed by atoms with Crippen LogP contribution in [0.25, 0.3) is 0 Å². The molecule has 1 heterocycles. The van der Waals surface area contributed by atoms with Gasteiger partial charge in [0.1, 0.15) is 5.76 Å². The van der Waals surface area contributed by atoms with Gasteiger partial charge in [-0.2, -0.15) is 0 Å². The van der Waals surface area contributed by atoms with Crippen molar-refractivity contribution >= 4 is 5.91 Å². The first kappa shape index (κ1) is 17.7. The Morgan fingerprint density at radius 1 is 1.33 bits per heavy atom. The second-order valence-electron chi connectivity index (χ2n) is 7.38. The summed E-state index contributed by atoms with van der Waals surface area (Å²) in [5, 5.41) is 9.79. The molecule has 5 heteroatoms. The predicted molar refractivity (Wildman–Crippen MR) is 83.2 cm³/mol. The SMILES string of the molecule is CN(CCC(C)(C)O)Cc1cc(C(N)=O)oc1C(C)(C)C.